The molecule has 0 bridgehead atoms. The molecule has 0 aliphatic heterocycles. The number of carbonyl (C=O) groups excluding carboxylic acids is 2. The van der Waals surface area contributed by atoms with Gasteiger partial charge in [0.2, 0.25) is 0 Å². The zero-order valence-corrected chi connectivity index (χ0v) is 17.6. The molecule has 0 aliphatic carbocycles. The van der Waals surface area contributed by atoms with Crippen molar-refractivity contribution in [3.05, 3.63) is 8.87 Å². The van der Waals surface area contributed by atoms with Gasteiger partial charge in [-0.25, -0.2) is 8.42 Å². The average Bonchev–Trinajstić information content (AvgIpc) is 2.88. The molecule has 7 nitrogen and oxygen atoms in total. The van der Waals surface area contributed by atoms with Crippen molar-refractivity contribution in [2.75, 3.05) is 14.2 Å². The van der Waals surface area contributed by atoms with Gasteiger partial charge in [0.05, 0.1) is 0 Å². The van der Waals surface area contributed by atoms with Crippen molar-refractivity contribution < 1.29 is 45.2 Å². The fourth-order valence-corrected chi connectivity index (χ4v) is 10.2. The third-order valence-electron chi connectivity index (χ3n) is 1.77. The number of esters is 2. The van der Waals surface area contributed by atoms with Crippen LogP contribution in [0.4, 0.5) is 13.2 Å². The molecule has 14 heteroatoms. The molecule has 0 saturated carbocycles. The number of alkyl halides is 3. The maximum absolute atomic E-state index is 11.4. The summed E-state index contributed by atoms with van der Waals surface area (Å²) in [6, 6.07) is 0. The first-order valence-corrected chi connectivity index (χ1v) is 12.5. The van der Waals surface area contributed by atoms with Crippen molar-refractivity contribution in [2.24, 2.45) is 0 Å². The first-order chi connectivity index (χ1) is 10.4. The number of methoxy groups -OCH3 is 2. The van der Waals surface area contributed by atoms with Crippen LogP contribution in [0, 0.1) is 0 Å². The van der Waals surface area contributed by atoms with Crippen molar-refractivity contribution in [1.82, 2.24) is 0 Å². The van der Waals surface area contributed by atoms with Gasteiger partial charge in [-0.05, 0) is 0 Å². The first kappa shape index (κ1) is 22.8. The molecular weight excluding hydrogens is 546 g/mol. The van der Waals surface area contributed by atoms with E-state index in [2.05, 4.69) is 15.3 Å². The summed E-state index contributed by atoms with van der Waals surface area (Å²) in [6.07, 6.45) is 0. The second-order valence-corrected chi connectivity index (χ2v) is 14.5. The van der Waals surface area contributed by atoms with Crippen LogP contribution in [0.25, 0.3) is 0 Å². The Morgan fingerprint density at radius 2 is 1.65 bits per heavy atom. The summed E-state index contributed by atoms with van der Waals surface area (Å²) < 4.78 is 70.7. The fourth-order valence-electron chi connectivity index (χ4n) is 0.818. The molecule has 0 atom stereocenters. The summed E-state index contributed by atoms with van der Waals surface area (Å²) in [5.41, 5.74) is -5.65. The Labute approximate surface area is 147 Å². The van der Waals surface area contributed by atoms with Crippen LogP contribution in [0.3, 0.4) is 0 Å². The van der Waals surface area contributed by atoms with Crippen LogP contribution in [0.1, 0.15) is 18.5 Å². The molecule has 0 aliphatic rings. The van der Waals surface area contributed by atoms with E-state index < -0.39 is 15.6 Å². The van der Waals surface area contributed by atoms with E-state index in [1.165, 1.54) is 16.4 Å². The van der Waals surface area contributed by atoms with Crippen molar-refractivity contribution in [1.29, 1.82) is 0 Å². The van der Waals surface area contributed by atoms with E-state index >= 15 is 0 Å². The molecule has 132 valence electrons. The van der Waals surface area contributed by atoms with Crippen molar-refractivity contribution in [3.63, 3.8) is 0 Å². The summed E-state index contributed by atoms with van der Waals surface area (Å²) in [7, 11) is -3.42. The maximum Gasteiger partial charge on any atom is 0.485 e. The minimum Gasteiger partial charge on any atom is -0.741 e. The van der Waals surface area contributed by atoms with Crippen LogP contribution >= 0.6 is 0 Å². The molecular formula is C9H9F3O7SSe3. The molecule has 0 unspecified atom stereocenters. The summed E-state index contributed by atoms with van der Waals surface area (Å²) in [5.74, 6) is 1.34. The molecule has 0 radical (unpaired) electrons. The minimum absolute atomic E-state index is 0.00532. The van der Waals surface area contributed by atoms with E-state index in [4.69, 9.17) is 13.0 Å². The first-order valence-electron chi connectivity index (χ1n) is 5.08. The summed E-state index contributed by atoms with van der Waals surface area (Å²) >= 11 is 0.409. The summed E-state index contributed by atoms with van der Waals surface area (Å²) in [5, 5.41) is 0. The molecule has 1 rings (SSSR count). The number of ether oxygens (including phenoxy) is 2. The van der Waals surface area contributed by atoms with E-state index in [0.717, 1.165) is 0 Å². The maximum atomic E-state index is 11.4. The normalized spacial score (nSPS) is 11.3. The molecule has 23 heavy (non-hydrogen) atoms. The number of hydrogen-bond acceptors (Lipinski definition) is 7. The predicted octanol–water partition coefficient (Wildman–Crippen LogP) is -0.916. The topological polar surface area (TPSA) is 110 Å². The second kappa shape index (κ2) is 9.33. The van der Waals surface area contributed by atoms with Crippen molar-refractivity contribution in [2.45, 2.75) is 11.3 Å². The van der Waals surface area contributed by atoms with Gasteiger partial charge in [0.1, 0.15) is 0 Å². The van der Waals surface area contributed by atoms with E-state index in [9.17, 15) is 22.8 Å². The number of hydrogen-bond donors (Lipinski definition) is 0. The molecule has 0 aromatic carbocycles. The number of halogens is 3. The molecule has 0 spiro atoms. The molecule has 0 fully saturated rings. The predicted molar refractivity (Wildman–Crippen MR) is 74.4 cm³/mol. The SMILES string of the molecule is COC(=O)c1[se]c([Se]C)[se+]c1C(=O)OC.O=S(=O)([O-])C(F)(F)F. The Hall–Kier alpha value is -0.192. The Bertz CT molecular complexity index is 635. The van der Waals surface area contributed by atoms with Crippen LogP contribution in [-0.4, -0.2) is 88.6 Å². The Morgan fingerprint density at radius 3 is 1.96 bits per heavy atom. The molecule has 1 aromatic rings. The van der Waals surface area contributed by atoms with Gasteiger partial charge in [-0.3, -0.25) is 0 Å². The quantitative estimate of drug-likeness (QED) is 0.206. The molecule has 0 amide bonds. The van der Waals surface area contributed by atoms with Crippen molar-refractivity contribution in [3.8, 4) is 0 Å². The largest absolute Gasteiger partial charge is 0.741 e. The zero-order valence-electron chi connectivity index (χ0n) is 11.6. The van der Waals surface area contributed by atoms with Gasteiger partial charge < -0.3 is 4.55 Å². The van der Waals surface area contributed by atoms with Gasteiger partial charge in [0.15, 0.2) is 10.1 Å². The van der Waals surface area contributed by atoms with Gasteiger partial charge in [-0.2, -0.15) is 13.2 Å². The monoisotopic (exact) mass is 558 g/mol. The van der Waals surface area contributed by atoms with Gasteiger partial charge >= 0.3 is 112 Å². The Morgan fingerprint density at radius 1 is 1.22 bits per heavy atom. The number of rotatable bonds is 3. The van der Waals surface area contributed by atoms with Gasteiger partial charge in [-0.15, -0.1) is 0 Å². The van der Waals surface area contributed by atoms with Crippen LogP contribution in [0.5, 0.6) is 0 Å². The van der Waals surface area contributed by atoms with E-state index in [1.54, 1.807) is 0 Å². The minimum atomic E-state index is -6.09. The standard InChI is InChI=1S/C8H9O4Se3.CHF3O3S/c1-11-6(9)4-5(7(10)12-2)15-8(13-3)14-4;2-1(3,4)8(5,6)7/h1-3H3;(H,5,6,7)/q+1;/p-1. The third-order valence-corrected chi connectivity index (χ3v) is 14.1. The van der Waals surface area contributed by atoms with Crippen LogP contribution in [0.15, 0.2) is 0 Å². The Kier molecular flexibility index (Phi) is 9.26. The van der Waals surface area contributed by atoms with Gasteiger partial charge in [0.25, 0.3) is 0 Å². The zero-order chi connectivity index (χ0) is 18.4. The second-order valence-electron chi connectivity index (χ2n) is 3.20. The van der Waals surface area contributed by atoms with Gasteiger partial charge in [-0.1, -0.05) is 0 Å². The van der Waals surface area contributed by atoms with Gasteiger partial charge in [0, 0.05) is 0 Å². The molecule has 0 N–H and O–H groups in total. The third kappa shape index (κ3) is 7.06. The van der Waals surface area contributed by atoms with Crippen LogP contribution < -0.4 is 2.21 Å². The smallest absolute Gasteiger partial charge is 0.485 e. The Balaban J connectivity index is 0.000000515. The average molecular weight is 555 g/mol. The van der Waals surface area contributed by atoms with E-state index in [-0.39, 0.29) is 40.9 Å². The van der Waals surface area contributed by atoms with Crippen LogP contribution in [-0.2, 0) is 19.6 Å². The molecule has 1 heterocycles. The fraction of sp³-hybridized carbons (Fsp3) is 0.444. The molecule has 1 aromatic heterocycles. The summed E-state index contributed by atoms with van der Waals surface area (Å²) in [4.78, 5) is 22.9. The molecule has 0 saturated heterocycles. The van der Waals surface area contributed by atoms with Crippen LogP contribution in [0.2, 0.25) is 5.82 Å². The van der Waals surface area contributed by atoms with E-state index in [0.29, 0.717) is 23.8 Å². The summed E-state index contributed by atoms with van der Waals surface area (Å²) in [6.45, 7) is 0. The van der Waals surface area contributed by atoms with E-state index in [1.807, 2.05) is 0 Å². The van der Waals surface area contributed by atoms with Crippen molar-refractivity contribution >= 4 is 68.2 Å². The number of carbonyl (C=O) groups is 2.